The van der Waals surface area contributed by atoms with Crippen molar-refractivity contribution in [2.45, 2.75) is 39.0 Å². The van der Waals surface area contributed by atoms with Crippen LogP contribution in [0.1, 0.15) is 49.4 Å². The van der Waals surface area contributed by atoms with Gasteiger partial charge in [0.2, 0.25) is 5.91 Å². The lowest BCUT2D eigenvalue weighted by Crippen LogP contribution is -2.30. The molecule has 2 amide bonds. The number of carbonyl (C=O) groups is 2. The number of hydrogen-bond donors (Lipinski definition) is 4. The maximum absolute atomic E-state index is 11.7. The van der Waals surface area contributed by atoms with Crippen molar-refractivity contribution in [3.63, 3.8) is 0 Å². The second-order valence-electron chi connectivity index (χ2n) is 4.56. The number of amides is 2. The normalized spacial score (nSPS) is 10.1. The van der Waals surface area contributed by atoms with E-state index in [9.17, 15) is 14.7 Å². The van der Waals surface area contributed by atoms with Crippen molar-refractivity contribution in [1.29, 1.82) is 0 Å². The van der Waals surface area contributed by atoms with E-state index in [2.05, 4.69) is 12.2 Å². The number of anilines is 1. The SMILES string of the molecule is CCCCCCC(=O)Nc1ccc(O)c(C(=O)NN)c1. The van der Waals surface area contributed by atoms with E-state index < -0.39 is 5.91 Å². The van der Waals surface area contributed by atoms with Crippen LogP contribution in [0.3, 0.4) is 0 Å². The fraction of sp³-hybridized carbons (Fsp3) is 0.429. The lowest BCUT2D eigenvalue weighted by atomic mass is 10.1. The predicted octanol–water partition coefficient (Wildman–Crippen LogP) is 1.90. The Morgan fingerprint density at radius 1 is 1.25 bits per heavy atom. The molecule has 6 nitrogen and oxygen atoms in total. The third-order valence-corrected chi connectivity index (χ3v) is 2.91. The van der Waals surface area contributed by atoms with Crippen molar-refractivity contribution in [2.24, 2.45) is 5.84 Å². The van der Waals surface area contributed by atoms with Gasteiger partial charge < -0.3 is 10.4 Å². The Kier molecular flexibility index (Phi) is 6.52. The number of rotatable bonds is 7. The van der Waals surface area contributed by atoms with Crippen molar-refractivity contribution in [2.75, 3.05) is 5.32 Å². The molecule has 5 N–H and O–H groups in total. The van der Waals surface area contributed by atoms with Crippen molar-refractivity contribution in [1.82, 2.24) is 5.43 Å². The summed E-state index contributed by atoms with van der Waals surface area (Å²) in [5, 5.41) is 12.2. The molecule has 0 saturated heterocycles. The standard InChI is InChI=1S/C14H21N3O3/c1-2-3-4-5-6-13(19)16-10-7-8-12(18)11(9-10)14(20)17-15/h7-9,18H,2-6,15H2,1H3,(H,16,19)(H,17,20). The fourth-order valence-corrected chi connectivity index (χ4v) is 1.81. The van der Waals surface area contributed by atoms with Crippen molar-refractivity contribution in [3.05, 3.63) is 23.8 Å². The first-order valence-corrected chi connectivity index (χ1v) is 6.72. The minimum Gasteiger partial charge on any atom is -0.507 e. The van der Waals surface area contributed by atoms with Gasteiger partial charge >= 0.3 is 0 Å². The predicted molar refractivity (Wildman–Crippen MR) is 77.1 cm³/mol. The zero-order chi connectivity index (χ0) is 15.0. The lowest BCUT2D eigenvalue weighted by molar-refractivity contribution is -0.116. The maximum atomic E-state index is 11.7. The summed E-state index contributed by atoms with van der Waals surface area (Å²) >= 11 is 0. The van der Waals surface area contributed by atoms with Gasteiger partial charge in [-0.2, -0.15) is 0 Å². The van der Waals surface area contributed by atoms with Crippen molar-refractivity contribution < 1.29 is 14.7 Å². The molecule has 0 heterocycles. The molecule has 0 bridgehead atoms. The van der Waals surface area contributed by atoms with Crippen LogP contribution in [-0.4, -0.2) is 16.9 Å². The van der Waals surface area contributed by atoms with Crippen LogP contribution in [0.25, 0.3) is 0 Å². The van der Waals surface area contributed by atoms with Crippen LogP contribution >= 0.6 is 0 Å². The number of nitrogens with one attached hydrogen (secondary N) is 2. The second kappa shape index (κ2) is 8.16. The summed E-state index contributed by atoms with van der Waals surface area (Å²) in [6.45, 7) is 2.11. The molecule has 20 heavy (non-hydrogen) atoms. The van der Waals surface area contributed by atoms with Gasteiger partial charge in [0.25, 0.3) is 5.91 Å². The Labute approximate surface area is 118 Å². The average Bonchev–Trinajstić information content (AvgIpc) is 2.45. The minimum absolute atomic E-state index is 0.0243. The number of hydrogen-bond acceptors (Lipinski definition) is 4. The van der Waals surface area contributed by atoms with Gasteiger partial charge in [-0.1, -0.05) is 26.2 Å². The number of phenolic OH excluding ortho intramolecular Hbond substituents is 1. The average molecular weight is 279 g/mol. The number of unbranched alkanes of at least 4 members (excludes halogenated alkanes) is 3. The highest BCUT2D eigenvalue weighted by Gasteiger charge is 2.11. The Morgan fingerprint density at radius 3 is 2.65 bits per heavy atom. The van der Waals surface area contributed by atoms with E-state index in [-0.39, 0.29) is 17.2 Å². The van der Waals surface area contributed by atoms with Crippen molar-refractivity contribution >= 4 is 17.5 Å². The molecule has 0 fully saturated rings. The zero-order valence-corrected chi connectivity index (χ0v) is 11.6. The Bertz CT molecular complexity index is 475. The van der Waals surface area contributed by atoms with Crippen LogP contribution < -0.4 is 16.6 Å². The number of hydrazine groups is 1. The van der Waals surface area contributed by atoms with Crippen LogP contribution in [0.2, 0.25) is 0 Å². The maximum Gasteiger partial charge on any atom is 0.269 e. The van der Waals surface area contributed by atoms with E-state index in [1.165, 1.54) is 18.2 Å². The number of nitrogen functional groups attached to an aromatic ring is 1. The molecule has 0 unspecified atom stereocenters. The first-order valence-electron chi connectivity index (χ1n) is 6.72. The first kappa shape index (κ1) is 16.0. The van der Waals surface area contributed by atoms with E-state index in [1.54, 1.807) is 0 Å². The quantitative estimate of drug-likeness (QED) is 0.201. The monoisotopic (exact) mass is 279 g/mol. The molecule has 1 rings (SSSR count). The molecule has 0 aliphatic heterocycles. The molecular formula is C14H21N3O3. The number of carbonyl (C=O) groups excluding carboxylic acids is 2. The van der Waals surface area contributed by atoms with Crippen molar-refractivity contribution in [3.8, 4) is 5.75 Å². The van der Waals surface area contributed by atoms with Gasteiger partial charge in [-0.15, -0.1) is 0 Å². The lowest BCUT2D eigenvalue weighted by Gasteiger charge is -2.08. The first-order chi connectivity index (χ1) is 9.58. The molecule has 110 valence electrons. The molecule has 1 aromatic rings. The summed E-state index contributed by atoms with van der Waals surface area (Å²) in [6, 6.07) is 4.27. The van der Waals surface area contributed by atoms with Gasteiger partial charge in [-0.3, -0.25) is 15.0 Å². The Morgan fingerprint density at radius 2 is 2.00 bits per heavy atom. The van der Waals surface area contributed by atoms with E-state index in [0.717, 1.165) is 25.7 Å². The van der Waals surface area contributed by atoms with E-state index >= 15 is 0 Å². The third kappa shape index (κ3) is 4.89. The summed E-state index contributed by atoms with van der Waals surface area (Å²) < 4.78 is 0. The highest BCUT2D eigenvalue weighted by molar-refractivity contribution is 5.99. The Hall–Kier alpha value is -2.08. The molecule has 0 radical (unpaired) electrons. The summed E-state index contributed by atoms with van der Waals surface area (Å²) in [7, 11) is 0. The topological polar surface area (TPSA) is 104 Å². The van der Waals surface area contributed by atoms with Gasteiger partial charge in [0.05, 0.1) is 5.56 Å². The largest absolute Gasteiger partial charge is 0.507 e. The molecule has 0 spiro atoms. The third-order valence-electron chi connectivity index (χ3n) is 2.91. The van der Waals surface area contributed by atoms with E-state index in [4.69, 9.17) is 5.84 Å². The molecule has 6 heteroatoms. The molecule has 0 atom stereocenters. The minimum atomic E-state index is -0.610. The van der Waals surface area contributed by atoms with Gasteiger partial charge in [-0.05, 0) is 24.6 Å². The molecule has 0 aromatic heterocycles. The summed E-state index contributed by atoms with van der Waals surface area (Å²) in [4.78, 5) is 23.1. The number of phenols is 1. The zero-order valence-electron chi connectivity index (χ0n) is 11.6. The summed E-state index contributed by atoms with van der Waals surface area (Å²) in [5.74, 6) is 4.12. The Balaban J connectivity index is 2.59. The van der Waals surface area contributed by atoms with Crippen LogP contribution in [-0.2, 0) is 4.79 Å². The molecule has 0 aliphatic rings. The second-order valence-corrected chi connectivity index (χ2v) is 4.56. The number of benzene rings is 1. The van der Waals surface area contributed by atoms with Crippen LogP contribution in [0.15, 0.2) is 18.2 Å². The fourth-order valence-electron chi connectivity index (χ4n) is 1.81. The number of aromatic hydroxyl groups is 1. The number of nitrogens with two attached hydrogens (primary N) is 1. The van der Waals surface area contributed by atoms with Gasteiger partial charge in [-0.25, -0.2) is 5.84 Å². The van der Waals surface area contributed by atoms with Gasteiger partial charge in [0, 0.05) is 12.1 Å². The smallest absolute Gasteiger partial charge is 0.269 e. The molecule has 1 aromatic carbocycles. The highest BCUT2D eigenvalue weighted by atomic mass is 16.3. The van der Waals surface area contributed by atoms with E-state index in [1.807, 2.05) is 5.43 Å². The van der Waals surface area contributed by atoms with Crippen LogP contribution in [0.5, 0.6) is 5.75 Å². The molecule has 0 saturated carbocycles. The summed E-state index contributed by atoms with van der Waals surface area (Å²) in [6.07, 6.45) is 4.55. The summed E-state index contributed by atoms with van der Waals surface area (Å²) in [5.41, 5.74) is 2.42. The van der Waals surface area contributed by atoms with Crippen LogP contribution in [0.4, 0.5) is 5.69 Å². The van der Waals surface area contributed by atoms with E-state index in [0.29, 0.717) is 12.1 Å². The molecular weight excluding hydrogens is 258 g/mol. The highest BCUT2D eigenvalue weighted by Crippen LogP contribution is 2.21. The molecule has 0 aliphatic carbocycles. The van der Waals surface area contributed by atoms with Gasteiger partial charge in [0.1, 0.15) is 5.75 Å². The van der Waals surface area contributed by atoms with Crippen LogP contribution in [0, 0.1) is 0 Å². The van der Waals surface area contributed by atoms with Gasteiger partial charge in [0.15, 0.2) is 0 Å².